The van der Waals surface area contributed by atoms with Gasteiger partial charge in [-0.05, 0) is 34.9 Å². The lowest BCUT2D eigenvalue weighted by molar-refractivity contribution is -0.120. The average molecular weight is 273 g/mol. The molecule has 1 amide bonds. The Labute approximate surface area is 118 Å². The smallest absolute Gasteiger partial charge is 0.224 e. The maximum atomic E-state index is 11.9. The Hall–Kier alpha value is -2.07. The van der Waals surface area contributed by atoms with Crippen LogP contribution in [0.3, 0.4) is 0 Å². The van der Waals surface area contributed by atoms with Crippen LogP contribution in [0.4, 0.5) is 0 Å². The van der Waals surface area contributed by atoms with Crippen molar-refractivity contribution in [2.45, 2.75) is 12.8 Å². The summed E-state index contributed by atoms with van der Waals surface area (Å²) < 4.78 is 5.23. The highest BCUT2D eigenvalue weighted by Gasteiger charge is 2.07. The fourth-order valence-corrected chi connectivity index (χ4v) is 2.14. The largest absolute Gasteiger partial charge is 0.497 e. The number of methoxy groups -OCH3 is 1. The number of carbonyl (C=O) groups is 1. The normalized spacial score (nSPS) is 10.5. The van der Waals surface area contributed by atoms with Crippen LogP contribution in [0.2, 0.25) is 0 Å². The summed E-state index contributed by atoms with van der Waals surface area (Å²) in [5, 5.41) is 13.6. The van der Waals surface area contributed by atoms with Gasteiger partial charge in [0.05, 0.1) is 13.5 Å². The zero-order valence-electron chi connectivity index (χ0n) is 11.6. The summed E-state index contributed by atoms with van der Waals surface area (Å²) >= 11 is 0. The third-order valence-electron chi connectivity index (χ3n) is 3.19. The Morgan fingerprint density at radius 1 is 1.30 bits per heavy atom. The van der Waals surface area contributed by atoms with E-state index in [9.17, 15) is 4.79 Å². The van der Waals surface area contributed by atoms with Gasteiger partial charge < -0.3 is 15.2 Å². The van der Waals surface area contributed by atoms with Gasteiger partial charge in [-0.1, -0.05) is 24.3 Å². The number of hydrogen-bond acceptors (Lipinski definition) is 3. The fourth-order valence-electron chi connectivity index (χ4n) is 2.14. The lowest BCUT2D eigenvalue weighted by Crippen LogP contribution is -2.26. The summed E-state index contributed by atoms with van der Waals surface area (Å²) in [6.45, 7) is 0.592. The maximum Gasteiger partial charge on any atom is 0.224 e. The van der Waals surface area contributed by atoms with Crippen molar-refractivity contribution in [2.24, 2.45) is 0 Å². The van der Waals surface area contributed by atoms with Crippen molar-refractivity contribution < 1.29 is 14.6 Å². The second-order valence-corrected chi connectivity index (χ2v) is 4.61. The van der Waals surface area contributed by atoms with Crippen molar-refractivity contribution >= 4 is 16.7 Å². The molecular formula is C16H19NO3. The van der Waals surface area contributed by atoms with Crippen molar-refractivity contribution in [2.75, 3.05) is 20.3 Å². The van der Waals surface area contributed by atoms with Crippen LogP contribution in [-0.4, -0.2) is 31.3 Å². The first-order valence-electron chi connectivity index (χ1n) is 6.68. The van der Waals surface area contributed by atoms with Crippen LogP contribution in [0.25, 0.3) is 10.8 Å². The van der Waals surface area contributed by atoms with E-state index in [0.29, 0.717) is 19.4 Å². The van der Waals surface area contributed by atoms with E-state index >= 15 is 0 Å². The molecule has 106 valence electrons. The van der Waals surface area contributed by atoms with E-state index in [2.05, 4.69) is 5.32 Å². The Kier molecular flexibility index (Phi) is 4.96. The van der Waals surface area contributed by atoms with Crippen LogP contribution in [0.5, 0.6) is 5.75 Å². The lowest BCUT2D eigenvalue weighted by Gasteiger charge is -2.09. The van der Waals surface area contributed by atoms with E-state index in [1.807, 2.05) is 36.4 Å². The highest BCUT2D eigenvalue weighted by molar-refractivity contribution is 5.91. The SMILES string of the molecule is COc1ccc2cccc(CC(=O)NCCCO)c2c1. The average Bonchev–Trinajstić information content (AvgIpc) is 2.47. The van der Waals surface area contributed by atoms with Gasteiger partial charge in [0.25, 0.3) is 0 Å². The lowest BCUT2D eigenvalue weighted by atomic mass is 10.0. The molecule has 2 aromatic rings. The number of benzene rings is 2. The molecular weight excluding hydrogens is 254 g/mol. The molecule has 0 bridgehead atoms. The van der Waals surface area contributed by atoms with Gasteiger partial charge in [-0.3, -0.25) is 4.79 Å². The molecule has 20 heavy (non-hydrogen) atoms. The molecule has 0 fully saturated rings. The molecule has 0 spiro atoms. The number of fused-ring (bicyclic) bond motifs is 1. The summed E-state index contributed by atoms with van der Waals surface area (Å²) in [4.78, 5) is 11.9. The van der Waals surface area contributed by atoms with Crippen LogP contribution in [-0.2, 0) is 11.2 Å². The van der Waals surface area contributed by atoms with Crippen molar-refractivity contribution in [1.29, 1.82) is 0 Å². The number of carbonyl (C=O) groups excluding carboxylic acids is 1. The van der Waals surface area contributed by atoms with Gasteiger partial charge in [0, 0.05) is 13.2 Å². The van der Waals surface area contributed by atoms with E-state index in [1.165, 1.54) is 0 Å². The third-order valence-corrected chi connectivity index (χ3v) is 3.19. The molecule has 0 saturated carbocycles. The first-order chi connectivity index (χ1) is 9.74. The first-order valence-corrected chi connectivity index (χ1v) is 6.68. The van der Waals surface area contributed by atoms with Crippen molar-refractivity contribution in [3.05, 3.63) is 42.0 Å². The minimum Gasteiger partial charge on any atom is -0.497 e. The first kappa shape index (κ1) is 14.3. The van der Waals surface area contributed by atoms with E-state index in [-0.39, 0.29) is 12.5 Å². The van der Waals surface area contributed by atoms with Crippen LogP contribution >= 0.6 is 0 Å². The second-order valence-electron chi connectivity index (χ2n) is 4.61. The van der Waals surface area contributed by atoms with Crippen LogP contribution in [0.15, 0.2) is 36.4 Å². The molecule has 0 heterocycles. The molecule has 0 aliphatic heterocycles. The standard InChI is InChI=1S/C16H19NO3/c1-20-14-7-6-12-4-2-5-13(15(12)11-14)10-16(19)17-8-3-9-18/h2,4-7,11,18H,3,8-10H2,1H3,(H,17,19). The number of amides is 1. The monoisotopic (exact) mass is 273 g/mol. The van der Waals surface area contributed by atoms with Crippen LogP contribution in [0, 0.1) is 0 Å². The zero-order valence-corrected chi connectivity index (χ0v) is 11.6. The topological polar surface area (TPSA) is 58.6 Å². The van der Waals surface area contributed by atoms with Crippen LogP contribution < -0.4 is 10.1 Å². The van der Waals surface area contributed by atoms with Crippen molar-refractivity contribution in [3.63, 3.8) is 0 Å². The van der Waals surface area contributed by atoms with E-state index < -0.39 is 0 Å². The van der Waals surface area contributed by atoms with Crippen LogP contribution in [0.1, 0.15) is 12.0 Å². The molecule has 4 heteroatoms. The third kappa shape index (κ3) is 3.48. The Morgan fingerprint density at radius 3 is 2.90 bits per heavy atom. The van der Waals surface area contributed by atoms with Crippen molar-refractivity contribution in [1.82, 2.24) is 5.32 Å². The minimum absolute atomic E-state index is 0.0335. The predicted molar refractivity (Wildman–Crippen MR) is 78.9 cm³/mol. The van der Waals surface area contributed by atoms with Gasteiger partial charge in [0.1, 0.15) is 5.75 Å². The zero-order chi connectivity index (χ0) is 14.4. The Morgan fingerprint density at radius 2 is 2.15 bits per heavy atom. The highest BCUT2D eigenvalue weighted by Crippen LogP contribution is 2.24. The molecule has 0 radical (unpaired) electrons. The number of aliphatic hydroxyl groups is 1. The molecule has 2 aromatic carbocycles. The van der Waals surface area contributed by atoms with Gasteiger partial charge >= 0.3 is 0 Å². The minimum atomic E-state index is -0.0335. The number of ether oxygens (including phenoxy) is 1. The quantitative estimate of drug-likeness (QED) is 0.790. The maximum absolute atomic E-state index is 11.9. The molecule has 2 rings (SSSR count). The summed E-state index contributed by atoms with van der Waals surface area (Å²) in [6.07, 6.45) is 0.908. The summed E-state index contributed by atoms with van der Waals surface area (Å²) in [5.41, 5.74) is 0.975. The van der Waals surface area contributed by atoms with Crippen molar-refractivity contribution in [3.8, 4) is 5.75 Å². The van der Waals surface area contributed by atoms with Gasteiger partial charge in [0.2, 0.25) is 5.91 Å². The fraction of sp³-hybridized carbons (Fsp3) is 0.312. The van der Waals surface area contributed by atoms with Gasteiger partial charge in [-0.2, -0.15) is 0 Å². The molecule has 2 N–H and O–H groups in total. The molecule has 0 aromatic heterocycles. The molecule has 0 aliphatic rings. The molecule has 0 atom stereocenters. The van der Waals surface area contributed by atoms with E-state index in [1.54, 1.807) is 7.11 Å². The number of rotatable bonds is 6. The Bertz CT molecular complexity index is 595. The molecule has 0 aliphatic carbocycles. The number of nitrogens with one attached hydrogen (secondary N) is 1. The molecule has 0 unspecified atom stereocenters. The second kappa shape index (κ2) is 6.91. The van der Waals surface area contributed by atoms with E-state index in [0.717, 1.165) is 22.1 Å². The van der Waals surface area contributed by atoms with E-state index in [4.69, 9.17) is 9.84 Å². The molecule has 0 saturated heterocycles. The van der Waals surface area contributed by atoms with Gasteiger partial charge in [-0.25, -0.2) is 0 Å². The summed E-state index contributed by atoms with van der Waals surface area (Å²) in [7, 11) is 1.63. The summed E-state index contributed by atoms with van der Waals surface area (Å²) in [6, 6.07) is 11.8. The van der Waals surface area contributed by atoms with Gasteiger partial charge in [0.15, 0.2) is 0 Å². The number of hydrogen-bond donors (Lipinski definition) is 2. The highest BCUT2D eigenvalue weighted by atomic mass is 16.5. The van der Waals surface area contributed by atoms with Gasteiger partial charge in [-0.15, -0.1) is 0 Å². The predicted octanol–water partition coefficient (Wildman–Crippen LogP) is 1.89. The Balaban J connectivity index is 2.18. The number of aliphatic hydroxyl groups excluding tert-OH is 1. The molecule has 4 nitrogen and oxygen atoms in total. The summed E-state index contributed by atoms with van der Waals surface area (Å²) in [5.74, 6) is 0.749.